The lowest BCUT2D eigenvalue weighted by Crippen LogP contribution is -2.44. The van der Waals surface area contributed by atoms with Crippen LogP contribution in [0.4, 0.5) is 0 Å². The zero-order chi connectivity index (χ0) is 20.1. The standard InChI is InChI=1S/C21H22N4O3S/c1-2-24(12-17-13-27-18-10-6-7-11-19(18)28-17)20(26)14-29-21-23-22-15-25(21)16-8-4-3-5-9-16/h3-11,15,17H,2,12-14H2,1H3/t17-/m0/s1. The first kappa shape index (κ1) is 19.3. The third kappa shape index (κ3) is 4.54. The van der Waals surface area contributed by atoms with Gasteiger partial charge in [-0.2, -0.15) is 0 Å². The van der Waals surface area contributed by atoms with Gasteiger partial charge in [0.15, 0.2) is 22.8 Å². The summed E-state index contributed by atoms with van der Waals surface area (Å²) in [5, 5.41) is 8.82. The van der Waals surface area contributed by atoms with E-state index < -0.39 is 0 Å². The van der Waals surface area contributed by atoms with Crippen molar-refractivity contribution in [2.45, 2.75) is 18.2 Å². The lowest BCUT2D eigenvalue weighted by atomic mass is 10.2. The molecule has 1 aliphatic rings. The predicted octanol–water partition coefficient (Wildman–Crippen LogP) is 3.05. The molecular weight excluding hydrogens is 388 g/mol. The second-order valence-corrected chi connectivity index (χ2v) is 7.48. The SMILES string of the molecule is CCN(C[C@H]1COc2ccccc2O1)C(=O)CSc1nncn1-c1ccccc1. The lowest BCUT2D eigenvalue weighted by molar-refractivity contribution is -0.129. The van der Waals surface area contributed by atoms with Crippen LogP contribution in [-0.4, -0.2) is 57.1 Å². The van der Waals surface area contributed by atoms with E-state index in [4.69, 9.17) is 9.47 Å². The maximum absolute atomic E-state index is 12.8. The second-order valence-electron chi connectivity index (χ2n) is 6.54. The molecule has 3 aromatic rings. The topological polar surface area (TPSA) is 69.5 Å². The van der Waals surface area contributed by atoms with Gasteiger partial charge in [-0.25, -0.2) is 0 Å². The fourth-order valence-corrected chi connectivity index (χ4v) is 3.94. The summed E-state index contributed by atoms with van der Waals surface area (Å²) >= 11 is 1.38. The minimum absolute atomic E-state index is 0.0302. The van der Waals surface area contributed by atoms with E-state index >= 15 is 0 Å². The summed E-state index contributed by atoms with van der Waals surface area (Å²) in [5.74, 6) is 1.78. The van der Waals surface area contributed by atoms with Crippen LogP contribution in [0.15, 0.2) is 66.1 Å². The number of rotatable bonds is 7. The maximum Gasteiger partial charge on any atom is 0.233 e. The zero-order valence-corrected chi connectivity index (χ0v) is 16.9. The number of hydrogen-bond donors (Lipinski definition) is 0. The van der Waals surface area contributed by atoms with Crippen molar-refractivity contribution in [3.05, 3.63) is 60.9 Å². The van der Waals surface area contributed by atoms with Crippen molar-refractivity contribution < 1.29 is 14.3 Å². The van der Waals surface area contributed by atoms with Gasteiger partial charge >= 0.3 is 0 Å². The molecular formula is C21H22N4O3S. The average molecular weight is 410 g/mol. The Morgan fingerprint density at radius 3 is 2.72 bits per heavy atom. The van der Waals surface area contributed by atoms with Crippen molar-refractivity contribution in [1.82, 2.24) is 19.7 Å². The van der Waals surface area contributed by atoms with Crippen molar-refractivity contribution in [2.24, 2.45) is 0 Å². The number of likely N-dealkylation sites (N-methyl/N-ethyl adjacent to an activating group) is 1. The van der Waals surface area contributed by atoms with E-state index in [9.17, 15) is 4.79 Å². The van der Waals surface area contributed by atoms with E-state index in [2.05, 4.69) is 10.2 Å². The summed E-state index contributed by atoms with van der Waals surface area (Å²) in [6.07, 6.45) is 1.47. The Balaban J connectivity index is 1.35. The minimum Gasteiger partial charge on any atom is -0.486 e. The monoisotopic (exact) mass is 410 g/mol. The number of thioether (sulfide) groups is 1. The largest absolute Gasteiger partial charge is 0.486 e. The van der Waals surface area contributed by atoms with Crippen LogP contribution in [0.1, 0.15) is 6.92 Å². The minimum atomic E-state index is -0.188. The van der Waals surface area contributed by atoms with Crippen molar-refractivity contribution in [3.63, 3.8) is 0 Å². The molecule has 0 saturated carbocycles. The fourth-order valence-electron chi connectivity index (χ4n) is 3.11. The van der Waals surface area contributed by atoms with Crippen LogP contribution < -0.4 is 9.47 Å². The molecule has 2 heterocycles. The third-order valence-corrected chi connectivity index (χ3v) is 5.53. The van der Waals surface area contributed by atoms with Crippen LogP contribution in [0.5, 0.6) is 11.5 Å². The zero-order valence-electron chi connectivity index (χ0n) is 16.1. The molecule has 0 bridgehead atoms. The molecule has 4 rings (SSSR count). The Morgan fingerprint density at radius 1 is 1.17 bits per heavy atom. The van der Waals surface area contributed by atoms with Crippen LogP contribution >= 0.6 is 11.8 Å². The fraction of sp³-hybridized carbons (Fsp3) is 0.286. The summed E-state index contributed by atoms with van der Waals surface area (Å²) in [4.78, 5) is 14.6. The van der Waals surface area contributed by atoms with Crippen molar-refractivity contribution in [3.8, 4) is 17.2 Å². The Hall–Kier alpha value is -3.00. The van der Waals surface area contributed by atoms with Gasteiger partial charge in [0.25, 0.3) is 0 Å². The van der Waals surface area contributed by atoms with Gasteiger partial charge in [0.1, 0.15) is 12.9 Å². The summed E-state index contributed by atoms with van der Waals surface area (Å²) in [6, 6.07) is 17.4. The van der Waals surface area contributed by atoms with Crippen molar-refractivity contribution in [2.75, 3.05) is 25.4 Å². The molecule has 150 valence electrons. The number of carbonyl (C=O) groups excluding carboxylic acids is 1. The number of benzene rings is 2. The van der Waals surface area contributed by atoms with Crippen molar-refractivity contribution in [1.29, 1.82) is 0 Å². The molecule has 8 heteroatoms. The van der Waals surface area contributed by atoms with Crippen LogP contribution in [0.2, 0.25) is 0 Å². The summed E-state index contributed by atoms with van der Waals surface area (Å²) in [5.41, 5.74) is 0.964. The van der Waals surface area contributed by atoms with E-state index in [0.717, 1.165) is 17.2 Å². The number of amides is 1. The highest BCUT2D eigenvalue weighted by Crippen LogP contribution is 2.31. The van der Waals surface area contributed by atoms with Gasteiger partial charge in [0.05, 0.1) is 12.3 Å². The van der Waals surface area contributed by atoms with E-state index in [-0.39, 0.29) is 17.8 Å². The summed E-state index contributed by atoms with van der Waals surface area (Å²) in [6.45, 7) is 3.48. The number of hydrogen-bond acceptors (Lipinski definition) is 6. The molecule has 0 N–H and O–H groups in total. The molecule has 0 saturated heterocycles. The molecule has 1 amide bonds. The molecule has 7 nitrogen and oxygen atoms in total. The smallest absolute Gasteiger partial charge is 0.233 e. The molecule has 29 heavy (non-hydrogen) atoms. The first-order valence-electron chi connectivity index (χ1n) is 9.49. The third-order valence-electron chi connectivity index (χ3n) is 4.60. The molecule has 1 aromatic heterocycles. The Bertz CT molecular complexity index is 963. The van der Waals surface area contributed by atoms with E-state index in [1.807, 2.05) is 66.1 Å². The summed E-state index contributed by atoms with van der Waals surface area (Å²) in [7, 11) is 0. The molecule has 1 atom stereocenters. The summed E-state index contributed by atoms with van der Waals surface area (Å²) < 4.78 is 13.6. The number of ether oxygens (including phenoxy) is 2. The maximum atomic E-state index is 12.8. The van der Waals surface area contributed by atoms with E-state index in [1.54, 1.807) is 11.2 Å². The molecule has 0 aliphatic carbocycles. The quantitative estimate of drug-likeness (QED) is 0.558. The molecule has 0 spiro atoms. The van der Waals surface area contributed by atoms with E-state index in [1.165, 1.54) is 11.8 Å². The van der Waals surface area contributed by atoms with Gasteiger partial charge in [0, 0.05) is 12.2 Å². The van der Waals surface area contributed by atoms with Gasteiger partial charge in [-0.3, -0.25) is 9.36 Å². The van der Waals surface area contributed by atoms with E-state index in [0.29, 0.717) is 24.9 Å². The van der Waals surface area contributed by atoms with Gasteiger partial charge < -0.3 is 14.4 Å². The van der Waals surface area contributed by atoms with Gasteiger partial charge in [-0.15, -0.1) is 10.2 Å². The first-order valence-corrected chi connectivity index (χ1v) is 10.5. The van der Waals surface area contributed by atoms with Gasteiger partial charge in [-0.05, 0) is 31.2 Å². The predicted molar refractivity (Wildman–Crippen MR) is 111 cm³/mol. The van der Waals surface area contributed by atoms with Gasteiger partial charge in [-0.1, -0.05) is 42.1 Å². The van der Waals surface area contributed by atoms with Crippen LogP contribution in [0.25, 0.3) is 5.69 Å². The highest BCUT2D eigenvalue weighted by molar-refractivity contribution is 7.99. The lowest BCUT2D eigenvalue weighted by Gasteiger charge is -2.30. The molecule has 0 fully saturated rings. The molecule has 0 unspecified atom stereocenters. The Kier molecular flexibility index (Phi) is 6.00. The van der Waals surface area contributed by atoms with Gasteiger partial charge in [0.2, 0.25) is 5.91 Å². The van der Waals surface area contributed by atoms with Crippen LogP contribution in [0, 0.1) is 0 Å². The Morgan fingerprint density at radius 2 is 1.93 bits per heavy atom. The Labute approximate surface area is 173 Å². The molecule has 1 aliphatic heterocycles. The number of fused-ring (bicyclic) bond motifs is 1. The number of carbonyl (C=O) groups is 1. The highest BCUT2D eigenvalue weighted by Gasteiger charge is 2.25. The number of nitrogens with zero attached hydrogens (tertiary/aromatic N) is 4. The highest BCUT2D eigenvalue weighted by atomic mass is 32.2. The second kappa shape index (κ2) is 9.00. The number of aromatic nitrogens is 3. The van der Waals surface area contributed by atoms with Crippen LogP contribution in [0.3, 0.4) is 0 Å². The number of para-hydroxylation sites is 3. The average Bonchev–Trinajstić information content (AvgIpc) is 3.25. The first-order chi connectivity index (χ1) is 14.2. The molecule has 2 aromatic carbocycles. The van der Waals surface area contributed by atoms with Crippen LogP contribution in [-0.2, 0) is 4.79 Å². The molecule has 0 radical (unpaired) electrons. The normalized spacial score (nSPS) is 15.1. The van der Waals surface area contributed by atoms with Crippen molar-refractivity contribution >= 4 is 17.7 Å².